The molecular weight excluding hydrogens is 388 g/mol. The standard InChI is InChI=1S/C21H18ClF2NO3/c22-15-6-5-13(7-17(15)24)28-9-19(27)25-21-10-20(11-21,12-21)8-18(26)14-3-1-2-4-16(14)23/h1-7H,8-12H2,(H,25,27). The molecule has 1 N–H and O–H groups in total. The molecular formula is C21H18ClF2NO3. The highest BCUT2D eigenvalue weighted by molar-refractivity contribution is 6.30. The normalized spacial score (nSPS) is 24.7. The fourth-order valence-corrected chi connectivity index (χ4v) is 4.61. The van der Waals surface area contributed by atoms with Gasteiger partial charge in [0.15, 0.2) is 12.4 Å². The van der Waals surface area contributed by atoms with E-state index in [-0.39, 0.29) is 52.0 Å². The second-order valence-corrected chi connectivity index (χ2v) is 8.21. The maximum Gasteiger partial charge on any atom is 0.258 e. The maximum absolute atomic E-state index is 13.7. The lowest BCUT2D eigenvalue weighted by molar-refractivity contribution is -0.164. The highest BCUT2D eigenvalue weighted by atomic mass is 35.5. The Bertz CT molecular complexity index is 943. The average Bonchev–Trinajstić information content (AvgIpc) is 2.60. The van der Waals surface area contributed by atoms with Crippen molar-refractivity contribution in [3.8, 4) is 5.75 Å². The van der Waals surface area contributed by atoms with Crippen molar-refractivity contribution in [1.29, 1.82) is 0 Å². The Morgan fingerprint density at radius 1 is 1.07 bits per heavy atom. The zero-order valence-corrected chi connectivity index (χ0v) is 15.7. The lowest BCUT2D eigenvalue weighted by Gasteiger charge is -2.70. The number of carbonyl (C=O) groups excluding carboxylic acids is 2. The van der Waals surface area contributed by atoms with E-state index in [1.807, 2.05) is 0 Å². The van der Waals surface area contributed by atoms with Crippen LogP contribution in [0.2, 0.25) is 5.02 Å². The van der Waals surface area contributed by atoms with Gasteiger partial charge in [0.1, 0.15) is 17.4 Å². The number of rotatable bonds is 7. The minimum Gasteiger partial charge on any atom is -0.484 e. The van der Waals surface area contributed by atoms with Crippen molar-refractivity contribution < 1.29 is 23.1 Å². The summed E-state index contributed by atoms with van der Waals surface area (Å²) >= 11 is 5.60. The Morgan fingerprint density at radius 3 is 2.46 bits per heavy atom. The largest absolute Gasteiger partial charge is 0.484 e. The number of benzene rings is 2. The lowest BCUT2D eigenvalue weighted by atomic mass is 9.38. The highest BCUT2D eigenvalue weighted by Gasteiger charge is 2.68. The topological polar surface area (TPSA) is 55.4 Å². The summed E-state index contributed by atoms with van der Waals surface area (Å²) < 4.78 is 32.4. The lowest BCUT2D eigenvalue weighted by Crippen LogP contribution is -2.75. The van der Waals surface area contributed by atoms with Crippen LogP contribution in [0.1, 0.15) is 36.0 Å². The smallest absolute Gasteiger partial charge is 0.258 e. The number of hydrogen-bond acceptors (Lipinski definition) is 3. The summed E-state index contributed by atoms with van der Waals surface area (Å²) in [6.45, 7) is -0.232. The average molecular weight is 406 g/mol. The maximum atomic E-state index is 13.7. The van der Waals surface area contributed by atoms with Crippen LogP contribution in [0.15, 0.2) is 42.5 Å². The molecule has 2 aromatic carbocycles. The van der Waals surface area contributed by atoms with E-state index in [1.54, 1.807) is 12.1 Å². The van der Waals surface area contributed by atoms with Gasteiger partial charge in [-0.2, -0.15) is 0 Å². The third-order valence-electron chi connectivity index (χ3n) is 5.52. The van der Waals surface area contributed by atoms with Gasteiger partial charge in [0.2, 0.25) is 0 Å². The van der Waals surface area contributed by atoms with E-state index in [0.717, 1.165) is 6.07 Å². The first-order valence-corrected chi connectivity index (χ1v) is 9.34. The molecule has 0 heterocycles. The van der Waals surface area contributed by atoms with Gasteiger partial charge in [0.05, 0.1) is 10.6 Å². The highest BCUT2D eigenvalue weighted by Crippen LogP contribution is 2.69. The van der Waals surface area contributed by atoms with Crippen molar-refractivity contribution >= 4 is 23.3 Å². The molecule has 2 bridgehead atoms. The number of nitrogens with one attached hydrogen (secondary N) is 1. The number of ketones is 1. The van der Waals surface area contributed by atoms with Gasteiger partial charge < -0.3 is 10.1 Å². The summed E-state index contributed by atoms with van der Waals surface area (Å²) in [5.74, 6) is -1.39. The Morgan fingerprint density at radius 2 is 1.79 bits per heavy atom. The molecule has 3 fully saturated rings. The molecule has 0 atom stereocenters. The van der Waals surface area contributed by atoms with Crippen molar-refractivity contribution in [3.05, 3.63) is 64.7 Å². The van der Waals surface area contributed by atoms with Gasteiger partial charge >= 0.3 is 0 Å². The Labute approximate surface area is 165 Å². The number of amides is 1. The van der Waals surface area contributed by atoms with Gasteiger partial charge in [-0.15, -0.1) is 0 Å². The summed E-state index contributed by atoms with van der Waals surface area (Å²) in [5, 5.41) is 2.92. The summed E-state index contributed by atoms with van der Waals surface area (Å²) in [6.07, 6.45) is 2.37. The first-order chi connectivity index (χ1) is 13.3. The molecule has 0 saturated heterocycles. The van der Waals surface area contributed by atoms with Gasteiger partial charge in [-0.05, 0) is 48.9 Å². The summed E-state index contributed by atoms with van der Waals surface area (Å²) in [6, 6.07) is 9.95. The summed E-state index contributed by atoms with van der Waals surface area (Å²) in [4.78, 5) is 24.5. The molecule has 5 rings (SSSR count). The third kappa shape index (κ3) is 3.49. The van der Waals surface area contributed by atoms with Crippen LogP contribution in [-0.2, 0) is 4.79 Å². The Balaban J connectivity index is 1.25. The first-order valence-electron chi connectivity index (χ1n) is 8.97. The number of carbonyl (C=O) groups is 2. The van der Waals surface area contributed by atoms with Crippen molar-refractivity contribution in [1.82, 2.24) is 5.32 Å². The monoisotopic (exact) mass is 405 g/mol. The molecule has 4 nitrogen and oxygen atoms in total. The molecule has 3 aliphatic rings. The summed E-state index contributed by atoms with van der Waals surface area (Å²) in [5.41, 5.74) is -0.331. The van der Waals surface area contributed by atoms with Crippen molar-refractivity contribution in [2.45, 2.75) is 31.2 Å². The van der Waals surface area contributed by atoms with Gasteiger partial charge in [0, 0.05) is 18.0 Å². The molecule has 0 spiro atoms. The predicted octanol–water partition coefficient (Wildman–Crippen LogP) is 4.31. The fraction of sp³-hybridized carbons (Fsp3) is 0.333. The van der Waals surface area contributed by atoms with Gasteiger partial charge in [-0.25, -0.2) is 8.78 Å². The van der Waals surface area contributed by atoms with E-state index in [2.05, 4.69) is 5.32 Å². The van der Waals surface area contributed by atoms with E-state index in [4.69, 9.17) is 16.3 Å². The Kier molecular flexibility index (Phi) is 4.62. The van der Waals surface area contributed by atoms with Crippen molar-refractivity contribution in [3.63, 3.8) is 0 Å². The molecule has 3 saturated carbocycles. The van der Waals surface area contributed by atoms with E-state index >= 15 is 0 Å². The molecule has 3 aliphatic carbocycles. The second kappa shape index (κ2) is 6.85. The number of hydrogen-bond donors (Lipinski definition) is 1. The molecule has 1 amide bonds. The number of Topliss-reactive ketones (excluding diaryl/α,β-unsaturated/α-hetero) is 1. The second-order valence-electron chi connectivity index (χ2n) is 7.80. The van der Waals surface area contributed by atoms with Crippen molar-refractivity contribution in [2.75, 3.05) is 6.61 Å². The molecule has 146 valence electrons. The molecule has 0 unspecified atom stereocenters. The number of ether oxygens (including phenoxy) is 1. The van der Waals surface area contributed by atoms with Gasteiger partial charge in [-0.3, -0.25) is 9.59 Å². The zero-order valence-electron chi connectivity index (χ0n) is 14.9. The fourth-order valence-electron chi connectivity index (χ4n) is 4.49. The molecule has 0 aromatic heterocycles. The van der Waals surface area contributed by atoms with E-state index < -0.39 is 11.6 Å². The SMILES string of the molecule is O=C(COc1ccc(Cl)c(F)c1)NC12CC(CC(=O)c3ccccc3F)(C1)C2. The first kappa shape index (κ1) is 18.9. The van der Waals surface area contributed by atoms with Crippen LogP contribution >= 0.6 is 11.6 Å². The van der Waals surface area contributed by atoms with E-state index in [1.165, 1.54) is 24.3 Å². The van der Waals surface area contributed by atoms with Crippen LogP contribution in [0.3, 0.4) is 0 Å². The zero-order chi connectivity index (χ0) is 19.9. The minimum atomic E-state index is -0.611. The van der Waals surface area contributed by atoms with E-state index in [0.29, 0.717) is 19.3 Å². The Hall–Kier alpha value is -2.47. The molecule has 0 aliphatic heterocycles. The summed E-state index contributed by atoms with van der Waals surface area (Å²) in [7, 11) is 0. The molecule has 7 heteroatoms. The molecule has 0 radical (unpaired) electrons. The minimum absolute atomic E-state index is 0.0131. The van der Waals surface area contributed by atoms with Crippen LogP contribution < -0.4 is 10.1 Å². The van der Waals surface area contributed by atoms with Crippen LogP contribution in [0.5, 0.6) is 5.75 Å². The van der Waals surface area contributed by atoms with Gasteiger partial charge in [0.25, 0.3) is 5.91 Å². The molecule has 28 heavy (non-hydrogen) atoms. The predicted molar refractivity (Wildman–Crippen MR) is 99.4 cm³/mol. The van der Waals surface area contributed by atoms with Crippen molar-refractivity contribution in [2.24, 2.45) is 5.41 Å². The van der Waals surface area contributed by atoms with Crippen LogP contribution in [0.4, 0.5) is 8.78 Å². The van der Waals surface area contributed by atoms with Crippen LogP contribution in [-0.4, -0.2) is 23.8 Å². The van der Waals surface area contributed by atoms with Crippen LogP contribution in [0, 0.1) is 17.0 Å². The molecule has 2 aromatic rings. The van der Waals surface area contributed by atoms with Crippen LogP contribution in [0.25, 0.3) is 0 Å². The third-order valence-corrected chi connectivity index (χ3v) is 5.82. The quantitative estimate of drug-likeness (QED) is 0.698. The number of halogens is 3. The van der Waals surface area contributed by atoms with Gasteiger partial charge in [-0.1, -0.05) is 23.7 Å². The van der Waals surface area contributed by atoms with E-state index in [9.17, 15) is 18.4 Å².